The molecule has 0 saturated heterocycles. The molecule has 336 valence electrons. The minimum atomic E-state index is -0.554. The highest BCUT2D eigenvalue weighted by atomic mass is 32.1. The van der Waals surface area contributed by atoms with Crippen LogP contribution in [0.1, 0.15) is 47.2 Å². The zero-order chi connectivity index (χ0) is 47.3. The van der Waals surface area contributed by atoms with Crippen LogP contribution in [-0.2, 0) is 10.8 Å². The van der Waals surface area contributed by atoms with E-state index in [1.165, 1.54) is 92.3 Å². The first-order chi connectivity index (χ1) is 35.0. The van der Waals surface area contributed by atoms with Gasteiger partial charge in [0.2, 0.25) is 0 Å². The Balaban J connectivity index is 1.03. The van der Waals surface area contributed by atoms with Crippen molar-refractivity contribution in [3.63, 3.8) is 0 Å². The molecule has 0 fully saturated rings. The smallest absolute Gasteiger partial charge is 0.0714 e. The summed E-state index contributed by atoms with van der Waals surface area (Å²) >= 11 is 1.86. The van der Waals surface area contributed by atoms with E-state index in [1.807, 2.05) is 11.3 Å². The molecule has 2 aliphatic carbocycles. The molecule has 0 N–H and O–H groups in total. The summed E-state index contributed by atoms with van der Waals surface area (Å²) in [5, 5.41) is 4.96. The van der Waals surface area contributed by atoms with E-state index in [0.29, 0.717) is 0 Å². The average molecular weight is 925 g/mol. The third-order valence-electron chi connectivity index (χ3n) is 15.5. The number of hydrogen-bond donors (Lipinski definition) is 0. The summed E-state index contributed by atoms with van der Waals surface area (Å²) in [4.78, 5) is 5.01. The van der Waals surface area contributed by atoms with Crippen LogP contribution in [0.4, 0.5) is 34.1 Å². The molecule has 12 aromatic rings. The average Bonchev–Trinajstić information content (AvgIpc) is 4.03. The van der Waals surface area contributed by atoms with Gasteiger partial charge in [0.05, 0.1) is 16.8 Å². The Morgan fingerprint density at radius 2 is 0.817 bits per heavy atom. The SMILES string of the molecule is CC1(C)c2ccccc2-c2cccc(N(c3cccc(N(c4ccc5sc6ccccc6c5c4)c4cccc5ccccc45)c3)c3cccc(C4(c5ccccc5)c5ccccc5-c5ccccc54)c3)c21. The van der Waals surface area contributed by atoms with Gasteiger partial charge in [-0.2, -0.15) is 0 Å². The van der Waals surface area contributed by atoms with E-state index in [4.69, 9.17) is 0 Å². The fourth-order valence-corrected chi connectivity index (χ4v) is 13.6. The molecule has 2 nitrogen and oxygen atoms in total. The molecule has 71 heavy (non-hydrogen) atoms. The van der Waals surface area contributed by atoms with Crippen LogP contribution in [-0.4, -0.2) is 0 Å². The molecule has 0 unspecified atom stereocenters. The predicted octanol–water partition coefficient (Wildman–Crippen LogP) is 18.8. The molecule has 0 radical (unpaired) electrons. The molecule has 1 heterocycles. The maximum Gasteiger partial charge on any atom is 0.0714 e. The van der Waals surface area contributed by atoms with Crippen LogP contribution in [0.5, 0.6) is 0 Å². The summed E-state index contributed by atoms with van der Waals surface area (Å²) in [6.07, 6.45) is 0. The molecule has 0 spiro atoms. The van der Waals surface area contributed by atoms with Gasteiger partial charge in [-0.1, -0.05) is 202 Å². The van der Waals surface area contributed by atoms with Crippen molar-refractivity contribution < 1.29 is 0 Å². The molecule has 0 aliphatic heterocycles. The lowest BCUT2D eigenvalue weighted by atomic mass is 9.67. The van der Waals surface area contributed by atoms with E-state index in [-0.39, 0.29) is 5.41 Å². The van der Waals surface area contributed by atoms with E-state index in [1.54, 1.807) is 0 Å². The van der Waals surface area contributed by atoms with Crippen LogP contribution < -0.4 is 9.80 Å². The lowest BCUT2D eigenvalue weighted by Crippen LogP contribution is -2.29. The third kappa shape index (κ3) is 6.19. The van der Waals surface area contributed by atoms with Gasteiger partial charge in [0.25, 0.3) is 0 Å². The van der Waals surface area contributed by atoms with Crippen molar-refractivity contribution in [1.82, 2.24) is 0 Å². The quantitative estimate of drug-likeness (QED) is 0.150. The molecule has 3 heteroatoms. The van der Waals surface area contributed by atoms with Gasteiger partial charge in [0, 0.05) is 53.7 Å². The lowest BCUT2D eigenvalue weighted by molar-refractivity contribution is 0.661. The number of anilines is 6. The molecule has 0 amide bonds. The van der Waals surface area contributed by atoms with Crippen LogP contribution in [0, 0.1) is 0 Å². The van der Waals surface area contributed by atoms with E-state index in [0.717, 1.165) is 28.4 Å². The highest BCUT2D eigenvalue weighted by molar-refractivity contribution is 7.25. The standard InChI is InChI=1S/C68H48N2S/c1-67(2)59-34-12-8-31-55(59)57-33-19-38-63(66(57)67)70(48-25-17-24-47(42-48)68(46-22-4-3-5-23-46)60-35-13-9-29-53(60)54-30-10-14-36-61(54)68)50-27-18-26-49(43-50)69(62-37-16-21-45-20-6-7-28-52(45)62)51-40-41-65-58(44-51)56-32-11-15-39-64(56)71-65/h3-44H,1-2H3. The van der Waals surface area contributed by atoms with Gasteiger partial charge in [-0.3, -0.25) is 0 Å². The van der Waals surface area contributed by atoms with Crippen molar-refractivity contribution in [3.8, 4) is 22.3 Å². The lowest BCUT2D eigenvalue weighted by Gasteiger charge is -2.36. The summed E-state index contributed by atoms with van der Waals surface area (Å²) in [7, 11) is 0. The van der Waals surface area contributed by atoms with Gasteiger partial charge in [-0.15, -0.1) is 11.3 Å². The van der Waals surface area contributed by atoms with Gasteiger partial charge in [-0.05, 0) is 128 Å². The first-order valence-corrected chi connectivity index (χ1v) is 25.5. The monoisotopic (exact) mass is 924 g/mol. The molecule has 1 aromatic heterocycles. The van der Waals surface area contributed by atoms with Crippen molar-refractivity contribution >= 4 is 76.4 Å². The van der Waals surface area contributed by atoms with E-state index < -0.39 is 5.41 Å². The Morgan fingerprint density at radius 1 is 0.324 bits per heavy atom. The minimum absolute atomic E-state index is 0.266. The Hall–Kier alpha value is -8.50. The fourth-order valence-electron chi connectivity index (χ4n) is 12.5. The van der Waals surface area contributed by atoms with Crippen molar-refractivity contribution in [3.05, 3.63) is 288 Å². The Bertz CT molecular complexity index is 4020. The van der Waals surface area contributed by atoms with Gasteiger partial charge in [0.15, 0.2) is 0 Å². The highest BCUT2D eigenvalue weighted by Crippen LogP contribution is 2.58. The summed E-state index contributed by atoms with van der Waals surface area (Å²) in [5.74, 6) is 0. The Kier molecular flexibility index (Phi) is 9.36. The number of thiophene rings is 1. The molecule has 14 rings (SSSR count). The molecule has 0 bridgehead atoms. The van der Waals surface area contributed by atoms with E-state index in [2.05, 4.69) is 278 Å². The van der Waals surface area contributed by atoms with Crippen LogP contribution in [0.2, 0.25) is 0 Å². The van der Waals surface area contributed by atoms with Gasteiger partial charge in [0.1, 0.15) is 0 Å². The third-order valence-corrected chi connectivity index (χ3v) is 16.6. The minimum Gasteiger partial charge on any atom is -0.310 e. The van der Waals surface area contributed by atoms with Gasteiger partial charge >= 0.3 is 0 Å². The second-order valence-corrected chi connectivity index (χ2v) is 20.7. The number of nitrogens with zero attached hydrogens (tertiary/aromatic N) is 2. The summed E-state index contributed by atoms with van der Waals surface area (Å²) in [5.41, 5.74) is 18.8. The molecule has 2 aliphatic rings. The largest absolute Gasteiger partial charge is 0.310 e. The first-order valence-electron chi connectivity index (χ1n) is 24.7. The van der Waals surface area contributed by atoms with E-state index in [9.17, 15) is 0 Å². The zero-order valence-corrected chi connectivity index (χ0v) is 40.4. The number of fused-ring (bicyclic) bond motifs is 10. The fraction of sp³-hybridized carbons (Fsp3) is 0.0588. The molecule has 11 aromatic carbocycles. The van der Waals surface area contributed by atoms with Crippen molar-refractivity contribution in [2.24, 2.45) is 0 Å². The van der Waals surface area contributed by atoms with Crippen LogP contribution in [0.25, 0.3) is 53.2 Å². The highest BCUT2D eigenvalue weighted by Gasteiger charge is 2.46. The number of rotatable bonds is 8. The molecular weight excluding hydrogens is 877 g/mol. The molecule has 0 saturated carbocycles. The number of hydrogen-bond acceptors (Lipinski definition) is 3. The summed E-state index contributed by atoms with van der Waals surface area (Å²) < 4.78 is 2.59. The maximum atomic E-state index is 2.54. The van der Waals surface area contributed by atoms with Gasteiger partial charge in [-0.25, -0.2) is 0 Å². The normalized spacial score (nSPS) is 13.7. The van der Waals surface area contributed by atoms with Gasteiger partial charge < -0.3 is 9.80 Å². The second-order valence-electron chi connectivity index (χ2n) is 19.6. The topological polar surface area (TPSA) is 6.48 Å². The Morgan fingerprint density at radius 3 is 1.58 bits per heavy atom. The molecule has 0 atom stereocenters. The van der Waals surface area contributed by atoms with Crippen LogP contribution in [0.3, 0.4) is 0 Å². The van der Waals surface area contributed by atoms with E-state index >= 15 is 0 Å². The Labute approximate surface area is 419 Å². The summed E-state index contributed by atoms with van der Waals surface area (Å²) in [6.45, 7) is 4.80. The van der Waals surface area contributed by atoms with Crippen molar-refractivity contribution in [1.29, 1.82) is 0 Å². The molecular formula is C68H48N2S. The van der Waals surface area contributed by atoms with Crippen LogP contribution in [0.15, 0.2) is 255 Å². The second kappa shape index (κ2) is 16.0. The summed E-state index contributed by atoms with van der Waals surface area (Å²) in [6, 6.07) is 95.0. The van der Waals surface area contributed by atoms with Crippen molar-refractivity contribution in [2.45, 2.75) is 24.7 Å². The van der Waals surface area contributed by atoms with Crippen LogP contribution >= 0.6 is 11.3 Å². The number of benzene rings is 11. The maximum absolute atomic E-state index is 2.54. The zero-order valence-electron chi connectivity index (χ0n) is 39.6. The predicted molar refractivity (Wildman–Crippen MR) is 301 cm³/mol. The van der Waals surface area contributed by atoms with Crippen molar-refractivity contribution in [2.75, 3.05) is 9.80 Å². The first kappa shape index (κ1) is 41.5.